The standard InChI is InChI=1S/C25H22ClN7/c26-20-10-6-9-19(17-20)23(18-7-2-1-3-8-18)31-13-15-32(16-14-31)25-22-12-5-4-11-21(22)24-27-29-30-33(24)28-25/h1-12,17,23H,13-16H2/t23-/m0/s1. The molecule has 0 amide bonds. The summed E-state index contributed by atoms with van der Waals surface area (Å²) in [5, 5.41) is 19.6. The Hall–Kier alpha value is -3.55. The number of nitrogens with zero attached hydrogens (tertiary/aromatic N) is 7. The van der Waals surface area contributed by atoms with Crippen LogP contribution in [0.3, 0.4) is 0 Å². The molecule has 7 nitrogen and oxygen atoms in total. The number of hydrogen-bond acceptors (Lipinski definition) is 6. The monoisotopic (exact) mass is 455 g/mol. The molecule has 1 aliphatic rings. The largest absolute Gasteiger partial charge is 0.352 e. The van der Waals surface area contributed by atoms with Gasteiger partial charge in [-0.1, -0.05) is 78.3 Å². The zero-order valence-corrected chi connectivity index (χ0v) is 18.7. The van der Waals surface area contributed by atoms with Crippen molar-refractivity contribution < 1.29 is 0 Å². The molecule has 1 saturated heterocycles. The van der Waals surface area contributed by atoms with Crippen LogP contribution in [0, 0.1) is 0 Å². The molecule has 33 heavy (non-hydrogen) atoms. The van der Waals surface area contributed by atoms with Crippen molar-refractivity contribution in [2.45, 2.75) is 6.04 Å². The summed E-state index contributed by atoms with van der Waals surface area (Å²) in [6.45, 7) is 3.51. The van der Waals surface area contributed by atoms with Gasteiger partial charge in [-0.2, -0.15) is 0 Å². The number of fused-ring (bicyclic) bond motifs is 3. The second-order valence-electron chi connectivity index (χ2n) is 8.25. The van der Waals surface area contributed by atoms with Gasteiger partial charge < -0.3 is 4.90 Å². The second kappa shape index (κ2) is 8.42. The van der Waals surface area contributed by atoms with Crippen molar-refractivity contribution in [2.24, 2.45) is 0 Å². The van der Waals surface area contributed by atoms with Crippen LogP contribution in [0.15, 0.2) is 78.9 Å². The van der Waals surface area contributed by atoms with Crippen LogP contribution in [0.25, 0.3) is 16.4 Å². The first-order valence-electron chi connectivity index (χ1n) is 11.0. The normalized spacial score (nSPS) is 15.8. The number of tetrazole rings is 1. The molecule has 0 aliphatic carbocycles. The zero-order chi connectivity index (χ0) is 22.2. The van der Waals surface area contributed by atoms with Crippen LogP contribution in [0.4, 0.5) is 5.82 Å². The van der Waals surface area contributed by atoms with E-state index in [9.17, 15) is 0 Å². The predicted molar refractivity (Wildman–Crippen MR) is 130 cm³/mol. The van der Waals surface area contributed by atoms with Gasteiger partial charge in [-0.15, -0.1) is 14.8 Å². The lowest BCUT2D eigenvalue weighted by Gasteiger charge is -2.40. The summed E-state index contributed by atoms with van der Waals surface area (Å²) in [4.78, 5) is 4.86. The number of anilines is 1. The molecule has 0 radical (unpaired) electrons. The van der Waals surface area contributed by atoms with Crippen LogP contribution in [0.2, 0.25) is 5.02 Å². The van der Waals surface area contributed by atoms with E-state index in [0.29, 0.717) is 5.65 Å². The van der Waals surface area contributed by atoms with Gasteiger partial charge in [0.2, 0.25) is 5.65 Å². The third kappa shape index (κ3) is 3.69. The van der Waals surface area contributed by atoms with Crippen LogP contribution in [0.5, 0.6) is 0 Å². The quantitative estimate of drug-likeness (QED) is 0.404. The Morgan fingerprint density at radius 3 is 2.27 bits per heavy atom. The molecule has 1 fully saturated rings. The molecule has 6 rings (SSSR count). The molecule has 5 aromatic rings. The summed E-state index contributed by atoms with van der Waals surface area (Å²) in [7, 11) is 0. The Morgan fingerprint density at radius 1 is 0.758 bits per heavy atom. The van der Waals surface area contributed by atoms with Crippen LogP contribution < -0.4 is 4.90 Å². The van der Waals surface area contributed by atoms with Crippen molar-refractivity contribution in [1.29, 1.82) is 0 Å². The minimum absolute atomic E-state index is 0.152. The Balaban J connectivity index is 1.32. The summed E-state index contributed by atoms with van der Waals surface area (Å²) >= 11 is 6.36. The van der Waals surface area contributed by atoms with Crippen molar-refractivity contribution in [2.75, 3.05) is 31.1 Å². The summed E-state index contributed by atoms with van der Waals surface area (Å²) in [6, 6.07) is 27.2. The zero-order valence-electron chi connectivity index (χ0n) is 17.9. The Labute approximate surface area is 196 Å². The lowest BCUT2D eigenvalue weighted by Crippen LogP contribution is -2.48. The average molecular weight is 456 g/mol. The summed E-state index contributed by atoms with van der Waals surface area (Å²) in [6.07, 6.45) is 0. The maximum Gasteiger partial charge on any atom is 0.207 e. The number of hydrogen-bond donors (Lipinski definition) is 0. The van der Waals surface area contributed by atoms with Crippen molar-refractivity contribution >= 4 is 33.8 Å². The number of aromatic nitrogens is 5. The van der Waals surface area contributed by atoms with E-state index in [1.54, 1.807) is 0 Å². The van der Waals surface area contributed by atoms with Crippen LogP contribution in [0.1, 0.15) is 17.2 Å². The fourth-order valence-corrected chi connectivity index (χ4v) is 4.98. The first kappa shape index (κ1) is 20.1. The number of benzene rings is 3. The van der Waals surface area contributed by atoms with E-state index < -0.39 is 0 Å². The van der Waals surface area contributed by atoms with Gasteiger partial charge in [0.1, 0.15) is 0 Å². The van der Waals surface area contributed by atoms with E-state index in [1.165, 1.54) is 15.8 Å². The highest BCUT2D eigenvalue weighted by Crippen LogP contribution is 2.33. The highest BCUT2D eigenvalue weighted by atomic mass is 35.5. The SMILES string of the molecule is Clc1cccc([C@H](c2ccccc2)N2CCN(c3nn4nnnc4c4ccccc34)CC2)c1. The molecule has 1 aliphatic heterocycles. The highest BCUT2D eigenvalue weighted by Gasteiger charge is 2.28. The molecule has 164 valence electrons. The lowest BCUT2D eigenvalue weighted by atomic mass is 9.96. The smallest absolute Gasteiger partial charge is 0.207 e. The van der Waals surface area contributed by atoms with Crippen molar-refractivity contribution in [3.63, 3.8) is 0 Å². The fraction of sp³-hybridized carbons (Fsp3) is 0.200. The van der Waals surface area contributed by atoms with Crippen LogP contribution in [-0.4, -0.2) is 56.3 Å². The van der Waals surface area contributed by atoms with Crippen LogP contribution >= 0.6 is 11.6 Å². The molecule has 0 N–H and O–H groups in total. The Bertz CT molecular complexity index is 1410. The third-order valence-corrected chi connectivity index (χ3v) is 6.55. The molecule has 0 bridgehead atoms. The van der Waals surface area contributed by atoms with Crippen LogP contribution in [-0.2, 0) is 0 Å². The highest BCUT2D eigenvalue weighted by molar-refractivity contribution is 6.30. The average Bonchev–Trinajstić information content (AvgIpc) is 3.34. The molecule has 2 aromatic heterocycles. The van der Waals surface area contributed by atoms with E-state index >= 15 is 0 Å². The van der Waals surface area contributed by atoms with Gasteiger partial charge in [-0.25, -0.2) is 0 Å². The molecule has 1 atom stereocenters. The first-order valence-corrected chi connectivity index (χ1v) is 11.4. The maximum absolute atomic E-state index is 6.36. The number of piperazine rings is 1. The number of halogens is 1. The van der Waals surface area contributed by atoms with Gasteiger partial charge in [-0.05, 0) is 33.7 Å². The molecule has 3 aromatic carbocycles. The molecule has 3 heterocycles. The predicted octanol–water partition coefficient (Wildman–Crippen LogP) is 4.24. The molecular formula is C25H22ClN7. The minimum Gasteiger partial charge on any atom is -0.352 e. The lowest BCUT2D eigenvalue weighted by molar-refractivity contribution is 0.212. The van der Waals surface area contributed by atoms with E-state index in [0.717, 1.165) is 47.8 Å². The van der Waals surface area contributed by atoms with E-state index in [1.807, 2.05) is 30.3 Å². The molecule has 8 heteroatoms. The van der Waals surface area contributed by atoms with Gasteiger partial charge >= 0.3 is 0 Å². The van der Waals surface area contributed by atoms with E-state index in [-0.39, 0.29) is 6.04 Å². The molecule has 0 spiro atoms. The minimum atomic E-state index is 0.152. The Morgan fingerprint density at radius 2 is 1.48 bits per heavy atom. The van der Waals surface area contributed by atoms with Gasteiger partial charge in [0, 0.05) is 42.0 Å². The van der Waals surface area contributed by atoms with Crippen molar-refractivity contribution in [3.8, 4) is 0 Å². The van der Waals surface area contributed by atoms with E-state index in [4.69, 9.17) is 16.7 Å². The van der Waals surface area contributed by atoms with Crippen molar-refractivity contribution in [1.82, 2.24) is 30.2 Å². The van der Waals surface area contributed by atoms with Crippen molar-refractivity contribution in [3.05, 3.63) is 95.0 Å². The Kier molecular flexibility index (Phi) is 5.13. The van der Waals surface area contributed by atoms with E-state index in [2.05, 4.69) is 73.9 Å². The third-order valence-electron chi connectivity index (χ3n) is 6.31. The number of rotatable bonds is 4. The molecular weight excluding hydrogens is 434 g/mol. The van der Waals surface area contributed by atoms with Gasteiger partial charge in [0.25, 0.3) is 0 Å². The first-order chi connectivity index (χ1) is 16.3. The summed E-state index contributed by atoms with van der Waals surface area (Å²) in [5.74, 6) is 0.920. The summed E-state index contributed by atoms with van der Waals surface area (Å²) in [5.41, 5.74) is 3.16. The maximum atomic E-state index is 6.36. The summed E-state index contributed by atoms with van der Waals surface area (Å²) < 4.78 is 1.53. The van der Waals surface area contributed by atoms with Gasteiger partial charge in [0.05, 0.1) is 6.04 Å². The fourth-order valence-electron chi connectivity index (χ4n) is 4.78. The topological polar surface area (TPSA) is 62.5 Å². The second-order valence-corrected chi connectivity index (χ2v) is 8.69. The van der Waals surface area contributed by atoms with Gasteiger partial charge in [-0.3, -0.25) is 4.90 Å². The molecule has 0 saturated carbocycles. The molecule has 0 unspecified atom stereocenters. The van der Waals surface area contributed by atoms with Gasteiger partial charge in [0.15, 0.2) is 5.82 Å².